The van der Waals surface area contributed by atoms with E-state index >= 15 is 0 Å². The first-order chi connectivity index (χ1) is 15.6. The molecule has 33 heavy (non-hydrogen) atoms. The molecule has 2 aromatic rings. The second kappa shape index (κ2) is 12.0. The van der Waals surface area contributed by atoms with Crippen molar-refractivity contribution in [1.82, 2.24) is 10.2 Å². The zero-order chi connectivity index (χ0) is 24.6. The summed E-state index contributed by atoms with van der Waals surface area (Å²) < 4.78 is 32.4. The lowest BCUT2D eigenvalue weighted by Gasteiger charge is -2.31. The van der Waals surface area contributed by atoms with Gasteiger partial charge >= 0.3 is 0 Å². The van der Waals surface area contributed by atoms with E-state index in [9.17, 15) is 18.0 Å². The van der Waals surface area contributed by atoms with Crippen molar-refractivity contribution in [2.24, 2.45) is 0 Å². The number of nitrogens with zero attached hydrogens (tertiary/aromatic N) is 2. The molecular weight excluding hydrogens is 510 g/mol. The summed E-state index contributed by atoms with van der Waals surface area (Å²) >= 11 is 3.39. The summed E-state index contributed by atoms with van der Waals surface area (Å²) in [6.45, 7) is 3.74. The minimum Gasteiger partial charge on any atom is -0.495 e. The van der Waals surface area contributed by atoms with Crippen LogP contribution in [0, 0.1) is 0 Å². The second-order valence-corrected chi connectivity index (χ2v) is 10.4. The summed E-state index contributed by atoms with van der Waals surface area (Å²) in [4.78, 5) is 27.5. The van der Waals surface area contributed by atoms with Crippen LogP contribution in [0.1, 0.15) is 25.8 Å². The number of ether oxygens (including phenoxy) is 1. The highest BCUT2D eigenvalue weighted by atomic mass is 79.9. The fraction of sp³-hybridized carbons (Fsp3) is 0.391. The number of halogens is 1. The number of methoxy groups -OCH3 is 1. The van der Waals surface area contributed by atoms with E-state index in [1.807, 2.05) is 31.2 Å². The zero-order valence-corrected chi connectivity index (χ0v) is 21.6. The van der Waals surface area contributed by atoms with Gasteiger partial charge in [0.05, 0.1) is 19.1 Å². The summed E-state index contributed by atoms with van der Waals surface area (Å²) in [6, 6.07) is 13.2. The van der Waals surface area contributed by atoms with E-state index in [0.717, 1.165) is 27.0 Å². The number of carbonyl (C=O) groups excluding carboxylic acids is 2. The molecule has 0 radical (unpaired) electrons. The average molecular weight is 540 g/mol. The van der Waals surface area contributed by atoms with Gasteiger partial charge in [-0.05, 0) is 43.2 Å². The van der Waals surface area contributed by atoms with Crippen molar-refractivity contribution in [2.75, 3.05) is 30.8 Å². The maximum Gasteiger partial charge on any atom is 0.244 e. The van der Waals surface area contributed by atoms with E-state index in [0.29, 0.717) is 12.3 Å². The Labute approximate surface area is 204 Å². The summed E-state index contributed by atoms with van der Waals surface area (Å²) in [6.07, 6.45) is 1.79. The molecule has 0 saturated heterocycles. The molecule has 0 aliphatic carbocycles. The van der Waals surface area contributed by atoms with Crippen LogP contribution < -0.4 is 14.4 Å². The molecule has 0 fully saturated rings. The van der Waals surface area contributed by atoms with Crippen LogP contribution in [0.15, 0.2) is 53.0 Å². The molecule has 2 amide bonds. The number of carbonyl (C=O) groups is 2. The number of rotatable bonds is 11. The first kappa shape index (κ1) is 26.7. The van der Waals surface area contributed by atoms with Crippen LogP contribution in [0.4, 0.5) is 5.69 Å². The van der Waals surface area contributed by atoms with Gasteiger partial charge < -0.3 is 15.0 Å². The molecule has 0 aliphatic heterocycles. The summed E-state index contributed by atoms with van der Waals surface area (Å²) in [5.41, 5.74) is 1.06. The van der Waals surface area contributed by atoms with Crippen molar-refractivity contribution in [2.45, 2.75) is 32.9 Å². The monoisotopic (exact) mass is 539 g/mol. The van der Waals surface area contributed by atoms with Crippen LogP contribution in [0.5, 0.6) is 5.75 Å². The number of hydrogen-bond acceptors (Lipinski definition) is 5. The van der Waals surface area contributed by atoms with E-state index in [-0.39, 0.29) is 18.1 Å². The Morgan fingerprint density at radius 1 is 1.12 bits per heavy atom. The number of para-hydroxylation sites is 2. The molecule has 0 unspecified atom stereocenters. The van der Waals surface area contributed by atoms with Gasteiger partial charge in [0, 0.05) is 17.6 Å². The van der Waals surface area contributed by atoms with Gasteiger partial charge in [-0.3, -0.25) is 13.9 Å². The molecule has 180 valence electrons. The molecule has 0 aliphatic rings. The van der Waals surface area contributed by atoms with Crippen molar-refractivity contribution in [3.8, 4) is 5.75 Å². The highest BCUT2D eigenvalue weighted by molar-refractivity contribution is 9.10. The maximum atomic E-state index is 13.5. The van der Waals surface area contributed by atoms with Crippen molar-refractivity contribution < 1.29 is 22.7 Å². The average Bonchev–Trinajstić information content (AvgIpc) is 2.79. The SMILES string of the molecule is CCCNC(=O)[C@H](C)N(Cc1ccc(Br)cc1)C(=O)CN(c1ccccc1OC)S(C)(=O)=O. The highest BCUT2D eigenvalue weighted by Gasteiger charge is 2.30. The van der Waals surface area contributed by atoms with Gasteiger partial charge in [0.1, 0.15) is 18.3 Å². The van der Waals surface area contributed by atoms with Gasteiger partial charge in [-0.15, -0.1) is 0 Å². The summed E-state index contributed by atoms with van der Waals surface area (Å²) in [5, 5.41) is 2.80. The van der Waals surface area contributed by atoms with Crippen LogP contribution in [-0.4, -0.2) is 57.6 Å². The Morgan fingerprint density at radius 2 is 1.76 bits per heavy atom. The van der Waals surface area contributed by atoms with Gasteiger partial charge in [0.15, 0.2) is 0 Å². The van der Waals surface area contributed by atoms with Crippen molar-refractivity contribution in [1.29, 1.82) is 0 Å². The molecule has 1 atom stereocenters. The van der Waals surface area contributed by atoms with Crippen LogP contribution in [0.3, 0.4) is 0 Å². The van der Waals surface area contributed by atoms with E-state index < -0.39 is 28.5 Å². The number of sulfonamides is 1. The van der Waals surface area contributed by atoms with Gasteiger partial charge in [-0.2, -0.15) is 0 Å². The standard InChI is InChI=1S/C23H30BrN3O5S/c1-5-14-25-23(29)17(2)26(15-18-10-12-19(24)13-11-18)22(28)16-27(33(4,30)31)20-8-6-7-9-21(20)32-3/h6-13,17H,5,14-16H2,1-4H3,(H,25,29)/t17-/m0/s1. The van der Waals surface area contributed by atoms with Crippen molar-refractivity contribution >= 4 is 43.5 Å². The van der Waals surface area contributed by atoms with Crippen molar-refractivity contribution in [3.05, 3.63) is 58.6 Å². The zero-order valence-electron chi connectivity index (χ0n) is 19.2. The van der Waals surface area contributed by atoms with Gasteiger partial charge in [0.25, 0.3) is 0 Å². The molecule has 1 N–H and O–H groups in total. The Kier molecular flexibility index (Phi) is 9.72. The quantitative estimate of drug-likeness (QED) is 0.473. The van der Waals surface area contributed by atoms with E-state index in [4.69, 9.17) is 4.74 Å². The molecule has 8 nitrogen and oxygen atoms in total. The number of anilines is 1. The van der Waals surface area contributed by atoms with Gasteiger partial charge in [-0.25, -0.2) is 8.42 Å². The Balaban J connectivity index is 2.39. The molecule has 10 heteroatoms. The van der Waals surface area contributed by atoms with Crippen LogP contribution in [0.2, 0.25) is 0 Å². The molecule has 0 spiro atoms. The number of nitrogens with one attached hydrogen (secondary N) is 1. The molecule has 0 aromatic heterocycles. The van der Waals surface area contributed by atoms with Crippen LogP contribution in [0.25, 0.3) is 0 Å². The number of hydrogen-bond donors (Lipinski definition) is 1. The predicted octanol–water partition coefficient (Wildman–Crippen LogP) is 3.17. The maximum absolute atomic E-state index is 13.5. The fourth-order valence-electron chi connectivity index (χ4n) is 3.20. The molecule has 0 bridgehead atoms. The smallest absolute Gasteiger partial charge is 0.244 e. The normalized spacial score (nSPS) is 12.0. The van der Waals surface area contributed by atoms with E-state index in [2.05, 4.69) is 21.2 Å². The van der Waals surface area contributed by atoms with Crippen molar-refractivity contribution in [3.63, 3.8) is 0 Å². The third kappa shape index (κ3) is 7.46. The van der Waals surface area contributed by atoms with Gasteiger partial charge in [-0.1, -0.05) is 47.1 Å². The summed E-state index contributed by atoms with van der Waals surface area (Å²) in [5.74, 6) is -0.483. The lowest BCUT2D eigenvalue weighted by molar-refractivity contribution is -0.139. The first-order valence-electron chi connectivity index (χ1n) is 10.5. The first-order valence-corrected chi connectivity index (χ1v) is 13.1. The Morgan fingerprint density at radius 3 is 2.33 bits per heavy atom. The molecule has 0 saturated carbocycles. The topological polar surface area (TPSA) is 96.0 Å². The molecule has 2 aromatic carbocycles. The minimum atomic E-state index is -3.82. The minimum absolute atomic E-state index is 0.149. The Bertz CT molecular complexity index is 1060. The fourth-order valence-corrected chi connectivity index (χ4v) is 4.31. The largest absolute Gasteiger partial charge is 0.495 e. The second-order valence-electron chi connectivity index (χ2n) is 7.56. The third-order valence-electron chi connectivity index (χ3n) is 5.02. The Hall–Kier alpha value is -2.59. The lowest BCUT2D eigenvalue weighted by Crippen LogP contribution is -2.51. The third-order valence-corrected chi connectivity index (χ3v) is 6.67. The van der Waals surface area contributed by atoms with E-state index in [1.54, 1.807) is 31.2 Å². The molecule has 0 heterocycles. The molecular formula is C23H30BrN3O5S. The molecule has 2 rings (SSSR count). The number of amides is 2. The van der Waals surface area contributed by atoms with E-state index in [1.165, 1.54) is 12.0 Å². The van der Waals surface area contributed by atoms with Gasteiger partial charge in [0.2, 0.25) is 21.8 Å². The summed E-state index contributed by atoms with van der Waals surface area (Å²) in [7, 11) is -2.39. The lowest BCUT2D eigenvalue weighted by atomic mass is 10.1. The number of benzene rings is 2. The highest BCUT2D eigenvalue weighted by Crippen LogP contribution is 2.29. The van der Waals surface area contributed by atoms with Crippen LogP contribution in [-0.2, 0) is 26.2 Å². The predicted molar refractivity (Wildman–Crippen MR) is 133 cm³/mol. The van der Waals surface area contributed by atoms with Crippen LogP contribution >= 0.6 is 15.9 Å².